The van der Waals surface area contributed by atoms with Gasteiger partial charge in [0, 0.05) is 35.0 Å². The summed E-state index contributed by atoms with van der Waals surface area (Å²) in [5.41, 5.74) is 1.61. The summed E-state index contributed by atoms with van der Waals surface area (Å²) < 4.78 is 0. The van der Waals surface area contributed by atoms with Gasteiger partial charge in [-0.15, -0.1) is 23.1 Å². The molecule has 1 aliphatic heterocycles. The second-order valence-corrected chi connectivity index (χ2v) is 8.78. The molecular weight excluding hydrogens is 368 g/mol. The Morgan fingerprint density at radius 2 is 2.15 bits per heavy atom. The molecule has 1 amide bonds. The van der Waals surface area contributed by atoms with Gasteiger partial charge in [0.2, 0.25) is 0 Å². The van der Waals surface area contributed by atoms with Gasteiger partial charge in [-0.25, -0.2) is 4.98 Å². The molecule has 2 atom stereocenters. The number of thiazole rings is 1. The maximum atomic E-state index is 13.1. The number of amides is 1. The molecule has 0 aliphatic carbocycles. The van der Waals surface area contributed by atoms with E-state index in [1.165, 1.54) is 11.8 Å². The highest BCUT2D eigenvalue weighted by Gasteiger charge is 2.28. The minimum atomic E-state index is -0.880. The zero-order chi connectivity index (χ0) is 18.7. The van der Waals surface area contributed by atoms with Crippen LogP contribution in [0.3, 0.4) is 0 Å². The van der Waals surface area contributed by atoms with E-state index in [9.17, 15) is 9.59 Å². The molecule has 1 N–H and O–H groups in total. The summed E-state index contributed by atoms with van der Waals surface area (Å²) in [4.78, 5) is 31.5. The number of benzene rings is 1. The lowest BCUT2D eigenvalue weighted by molar-refractivity contribution is -0.136. The lowest BCUT2D eigenvalue weighted by atomic mass is 9.98. The van der Waals surface area contributed by atoms with Crippen LogP contribution in [0, 0.1) is 6.92 Å². The Bertz CT molecular complexity index is 806. The highest BCUT2D eigenvalue weighted by atomic mass is 32.2. The smallest absolute Gasteiger partial charge is 0.316 e. The molecule has 1 aromatic heterocycles. The van der Waals surface area contributed by atoms with Gasteiger partial charge >= 0.3 is 5.97 Å². The zero-order valence-electron chi connectivity index (χ0n) is 14.8. The molecule has 5 nitrogen and oxygen atoms in total. The number of aryl methyl sites for hydroxylation is 1. The molecule has 26 heavy (non-hydrogen) atoms. The minimum absolute atomic E-state index is 0.0244. The molecule has 2 aromatic rings. The van der Waals surface area contributed by atoms with E-state index in [2.05, 4.69) is 10.4 Å². The third-order valence-corrected chi connectivity index (χ3v) is 6.75. The number of rotatable bonds is 5. The first-order valence-electron chi connectivity index (χ1n) is 8.65. The maximum absolute atomic E-state index is 13.1. The second-order valence-electron chi connectivity index (χ2n) is 6.51. The molecule has 1 aromatic carbocycles. The molecule has 0 radical (unpaired) electrons. The number of thioether (sulfide) groups is 1. The second kappa shape index (κ2) is 8.22. The molecule has 0 spiro atoms. The summed E-state index contributed by atoms with van der Waals surface area (Å²) in [5, 5.41) is 11.7. The maximum Gasteiger partial charge on any atom is 0.316 e. The monoisotopic (exact) mass is 390 g/mol. The third-order valence-electron chi connectivity index (χ3n) is 4.46. The van der Waals surface area contributed by atoms with E-state index in [0.29, 0.717) is 12.1 Å². The van der Waals surface area contributed by atoms with Crippen molar-refractivity contribution in [2.45, 2.75) is 42.8 Å². The van der Waals surface area contributed by atoms with E-state index in [-0.39, 0.29) is 11.8 Å². The average molecular weight is 391 g/mol. The van der Waals surface area contributed by atoms with Gasteiger partial charge in [0.05, 0.1) is 10.6 Å². The molecule has 1 saturated heterocycles. The molecule has 0 saturated carbocycles. The Balaban J connectivity index is 1.77. The summed E-state index contributed by atoms with van der Waals surface area (Å²) in [5.74, 6) is -0.623. The molecule has 3 rings (SSSR count). The van der Waals surface area contributed by atoms with E-state index in [4.69, 9.17) is 5.11 Å². The summed E-state index contributed by atoms with van der Waals surface area (Å²) in [6, 6.07) is 7.28. The van der Waals surface area contributed by atoms with Gasteiger partial charge in [0.1, 0.15) is 5.25 Å². The van der Waals surface area contributed by atoms with Crippen LogP contribution in [-0.2, 0) is 4.79 Å². The van der Waals surface area contributed by atoms with Crippen LogP contribution in [0.4, 0.5) is 0 Å². The summed E-state index contributed by atoms with van der Waals surface area (Å²) in [7, 11) is 0. The molecule has 7 heteroatoms. The highest BCUT2D eigenvalue weighted by Crippen LogP contribution is 2.32. The number of carbonyl (C=O) groups is 2. The molecule has 138 valence electrons. The van der Waals surface area contributed by atoms with Crippen molar-refractivity contribution in [3.8, 4) is 0 Å². The fourth-order valence-electron chi connectivity index (χ4n) is 3.08. The Labute approximate surface area is 161 Å². The third kappa shape index (κ3) is 4.27. The van der Waals surface area contributed by atoms with Crippen molar-refractivity contribution in [3.05, 3.63) is 45.9 Å². The number of hydrogen-bond donors (Lipinski definition) is 1. The van der Waals surface area contributed by atoms with E-state index >= 15 is 0 Å². The predicted octanol–water partition coefficient (Wildman–Crippen LogP) is 4.04. The Morgan fingerprint density at radius 3 is 2.85 bits per heavy atom. The number of hydrogen-bond acceptors (Lipinski definition) is 5. The van der Waals surface area contributed by atoms with Crippen molar-refractivity contribution in [3.63, 3.8) is 0 Å². The van der Waals surface area contributed by atoms with Crippen LogP contribution >= 0.6 is 23.1 Å². The van der Waals surface area contributed by atoms with Crippen molar-refractivity contribution >= 4 is 35.0 Å². The number of carboxylic acid groups (broad SMARTS) is 1. The van der Waals surface area contributed by atoms with Gasteiger partial charge in [-0.05, 0) is 38.8 Å². The first-order chi connectivity index (χ1) is 12.5. The van der Waals surface area contributed by atoms with E-state index in [1.807, 2.05) is 30.0 Å². The quantitative estimate of drug-likeness (QED) is 0.781. The predicted molar refractivity (Wildman–Crippen MR) is 104 cm³/mol. The van der Waals surface area contributed by atoms with Crippen LogP contribution in [0.25, 0.3) is 0 Å². The Hall–Kier alpha value is -1.86. The van der Waals surface area contributed by atoms with Gasteiger partial charge in [-0.2, -0.15) is 0 Å². The fourth-order valence-corrected chi connectivity index (χ4v) is 4.93. The van der Waals surface area contributed by atoms with Crippen LogP contribution in [0.2, 0.25) is 0 Å². The zero-order valence-corrected chi connectivity index (χ0v) is 16.5. The molecule has 0 bridgehead atoms. The number of aliphatic carboxylic acids is 1. The first kappa shape index (κ1) is 18.9. The highest BCUT2D eigenvalue weighted by molar-refractivity contribution is 8.00. The number of carbonyl (C=O) groups excluding carboxylic acids is 1. The largest absolute Gasteiger partial charge is 0.480 e. The molecule has 1 aliphatic rings. The fraction of sp³-hybridized carbons (Fsp3) is 0.421. The summed E-state index contributed by atoms with van der Waals surface area (Å²) in [6.07, 6.45) is 2.00. The SMILES string of the molecule is Cc1csc(C2CCCN(C(=O)c3ccccc3SC(C)C(=O)O)C2)n1. The topological polar surface area (TPSA) is 70.5 Å². The van der Waals surface area contributed by atoms with Crippen LogP contribution in [0.5, 0.6) is 0 Å². The summed E-state index contributed by atoms with van der Waals surface area (Å²) in [6.45, 7) is 5.02. The van der Waals surface area contributed by atoms with Gasteiger partial charge in [-0.3, -0.25) is 9.59 Å². The van der Waals surface area contributed by atoms with Crippen LogP contribution in [-0.4, -0.2) is 45.2 Å². The number of likely N-dealkylation sites (tertiary alicyclic amines) is 1. The lowest BCUT2D eigenvalue weighted by Gasteiger charge is -2.32. The van der Waals surface area contributed by atoms with Gasteiger partial charge in [-0.1, -0.05) is 12.1 Å². The van der Waals surface area contributed by atoms with Crippen molar-refractivity contribution in [1.29, 1.82) is 0 Å². The van der Waals surface area contributed by atoms with Gasteiger partial charge in [0.15, 0.2) is 0 Å². The number of nitrogens with zero attached hydrogens (tertiary/aromatic N) is 2. The standard InChI is InChI=1S/C19H22N2O3S2/c1-12-11-25-17(20-12)14-6-5-9-21(10-14)18(22)15-7-3-4-8-16(15)26-13(2)19(23)24/h3-4,7-8,11,13-14H,5-6,9-10H2,1-2H3,(H,23,24). The summed E-state index contributed by atoms with van der Waals surface area (Å²) >= 11 is 2.88. The van der Waals surface area contributed by atoms with E-state index < -0.39 is 11.2 Å². The van der Waals surface area contributed by atoms with Crippen LogP contribution in [0.15, 0.2) is 34.5 Å². The number of piperidine rings is 1. The minimum Gasteiger partial charge on any atom is -0.480 e. The van der Waals surface area contributed by atoms with E-state index in [0.717, 1.165) is 35.0 Å². The number of carboxylic acids is 1. The first-order valence-corrected chi connectivity index (χ1v) is 10.4. The Morgan fingerprint density at radius 1 is 1.38 bits per heavy atom. The Kier molecular flexibility index (Phi) is 5.98. The average Bonchev–Trinajstić information content (AvgIpc) is 3.08. The lowest BCUT2D eigenvalue weighted by Crippen LogP contribution is -2.39. The molecular formula is C19H22N2O3S2. The van der Waals surface area contributed by atoms with E-state index in [1.54, 1.807) is 24.3 Å². The molecule has 1 fully saturated rings. The van der Waals surface area contributed by atoms with Crippen molar-refractivity contribution in [1.82, 2.24) is 9.88 Å². The normalized spacial score (nSPS) is 18.5. The van der Waals surface area contributed by atoms with Crippen molar-refractivity contribution in [2.24, 2.45) is 0 Å². The van der Waals surface area contributed by atoms with Crippen molar-refractivity contribution in [2.75, 3.05) is 13.1 Å². The van der Waals surface area contributed by atoms with Crippen molar-refractivity contribution < 1.29 is 14.7 Å². The number of aromatic nitrogens is 1. The van der Waals surface area contributed by atoms with Gasteiger partial charge in [0.25, 0.3) is 5.91 Å². The molecule has 2 heterocycles. The molecule has 2 unspecified atom stereocenters. The van der Waals surface area contributed by atoms with Crippen LogP contribution < -0.4 is 0 Å². The van der Waals surface area contributed by atoms with Gasteiger partial charge < -0.3 is 10.0 Å². The van der Waals surface area contributed by atoms with Crippen LogP contribution in [0.1, 0.15) is 46.7 Å².